The molecule has 0 radical (unpaired) electrons. The van der Waals surface area contributed by atoms with Crippen LogP contribution in [0.3, 0.4) is 0 Å². The molecule has 0 saturated carbocycles. The van der Waals surface area contributed by atoms with Crippen LogP contribution in [0.1, 0.15) is 138 Å². The largest absolute Gasteiger partial charge is 1.00 e. The SMILES string of the molecule is C=CCCCCCCCCOc1ccc(C=Cc2ccc(C=O)cc2)cc1.C=CCCCCCCCCOc1ccc(C[P+](c2ccccc2)(c2ccccc2)c2ccccc2)cc1.O=Cc1ccc(C=O)cc1.[Br-]. The van der Waals surface area contributed by atoms with Crippen molar-refractivity contribution in [2.24, 2.45) is 0 Å². The molecule has 0 aliphatic carbocycles. The van der Waals surface area contributed by atoms with Crippen molar-refractivity contribution in [3.05, 3.63) is 247 Å². The molecular formula is C68H76BrO5P. The van der Waals surface area contributed by atoms with E-state index >= 15 is 0 Å². The van der Waals surface area contributed by atoms with Gasteiger partial charge in [0.2, 0.25) is 0 Å². The highest BCUT2D eigenvalue weighted by Gasteiger charge is 2.45. The van der Waals surface area contributed by atoms with Gasteiger partial charge in [0.05, 0.1) is 19.4 Å². The Morgan fingerprint density at radius 2 is 0.640 bits per heavy atom. The maximum atomic E-state index is 10.7. The molecule has 0 fully saturated rings. The van der Waals surface area contributed by atoms with Gasteiger partial charge in [-0.2, -0.15) is 0 Å². The van der Waals surface area contributed by atoms with Crippen LogP contribution in [-0.2, 0) is 6.16 Å². The van der Waals surface area contributed by atoms with Crippen LogP contribution in [-0.4, -0.2) is 32.1 Å². The van der Waals surface area contributed by atoms with Crippen molar-refractivity contribution in [1.82, 2.24) is 0 Å². The lowest BCUT2D eigenvalue weighted by Gasteiger charge is -2.28. The minimum absolute atomic E-state index is 0. The predicted molar refractivity (Wildman–Crippen MR) is 316 cm³/mol. The smallest absolute Gasteiger partial charge is 0.150 e. The number of carbonyl (C=O) groups excluding carboxylic acids is 3. The Morgan fingerprint density at radius 3 is 0.973 bits per heavy atom. The number of aldehydes is 3. The van der Waals surface area contributed by atoms with Gasteiger partial charge in [-0.25, -0.2) is 0 Å². The lowest BCUT2D eigenvalue weighted by molar-refractivity contribution is -0.0000341. The molecule has 0 aliphatic heterocycles. The van der Waals surface area contributed by atoms with Crippen molar-refractivity contribution < 1.29 is 40.8 Å². The van der Waals surface area contributed by atoms with Gasteiger partial charge in [-0.15, -0.1) is 13.2 Å². The quantitative estimate of drug-likeness (QED) is 0.0148. The fourth-order valence-electron chi connectivity index (χ4n) is 8.52. The van der Waals surface area contributed by atoms with Crippen LogP contribution in [0.15, 0.2) is 213 Å². The summed E-state index contributed by atoms with van der Waals surface area (Å²) in [5, 5.41) is 4.24. The normalized spacial score (nSPS) is 10.6. The van der Waals surface area contributed by atoms with E-state index in [9.17, 15) is 14.4 Å². The van der Waals surface area contributed by atoms with E-state index in [1.54, 1.807) is 24.3 Å². The summed E-state index contributed by atoms with van der Waals surface area (Å²) in [4.78, 5) is 30.9. The van der Waals surface area contributed by atoms with Crippen LogP contribution >= 0.6 is 7.26 Å². The molecule has 7 heteroatoms. The minimum Gasteiger partial charge on any atom is -1.00 e. The summed E-state index contributed by atoms with van der Waals surface area (Å²) in [5.74, 6) is 1.89. The second kappa shape index (κ2) is 37.1. The van der Waals surface area contributed by atoms with Gasteiger partial charge in [0, 0.05) is 16.7 Å². The predicted octanol–water partition coefficient (Wildman–Crippen LogP) is 13.8. The molecule has 0 saturated heterocycles. The average Bonchev–Trinajstić information content (AvgIpc) is 3.47. The second-order valence-electron chi connectivity index (χ2n) is 18.3. The van der Waals surface area contributed by atoms with Crippen molar-refractivity contribution in [3.63, 3.8) is 0 Å². The molecule has 0 unspecified atom stereocenters. The first-order chi connectivity index (χ1) is 36.5. The van der Waals surface area contributed by atoms with E-state index in [0.717, 1.165) is 86.5 Å². The molecule has 0 amide bonds. The van der Waals surface area contributed by atoms with Crippen molar-refractivity contribution in [1.29, 1.82) is 0 Å². The third-order valence-electron chi connectivity index (χ3n) is 12.7. The minimum atomic E-state index is -1.88. The zero-order valence-electron chi connectivity index (χ0n) is 43.7. The first-order valence-electron chi connectivity index (χ1n) is 26.5. The molecule has 7 rings (SSSR count). The number of carbonyl (C=O) groups is 3. The number of halogens is 1. The Kier molecular flexibility index (Phi) is 30.1. The van der Waals surface area contributed by atoms with Crippen molar-refractivity contribution in [2.45, 2.75) is 96.1 Å². The third kappa shape index (κ3) is 22.3. The summed E-state index contributed by atoms with van der Waals surface area (Å²) >= 11 is 0. The second-order valence-corrected chi connectivity index (χ2v) is 21.8. The van der Waals surface area contributed by atoms with E-state index < -0.39 is 7.26 Å². The molecule has 5 nitrogen and oxygen atoms in total. The van der Waals surface area contributed by atoms with Gasteiger partial charge in [0.15, 0.2) is 0 Å². The third-order valence-corrected chi connectivity index (χ3v) is 17.1. The highest BCUT2D eigenvalue weighted by molar-refractivity contribution is 7.95. The van der Waals surface area contributed by atoms with Gasteiger partial charge in [-0.05, 0) is 116 Å². The highest BCUT2D eigenvalue weighted by atomic mass is 79.9. The monoisotopic (exact) mass is 1080 g/mol. The van der Waals surface area contributed by atoms with Gasteiger partial charge in [-0.3, -0.25) is 14.4 Å². The zero-order valence-corrected chi connectivity index (χ0v) is 46.2. The molecule has 0 aliphatic rings. The fourth-order valence-corrected chi connectivity index (χ4v) is 12.8. The van der Waals surface area contributed by atoms with Gasteiger partial charge in [0.1, 0.15) is 53.5 Å². The molecule has 0 atom stereocenters. The molecule has 0 heterocycles. The number of ether oxygens (including phenoxy) is 2. The molecule has 0 aromatic heterocycles. The van der Waals surface area contributed by atoms with E-state index in [0.29, 0.717) is 16.7 Å². The summed E-state index contributed by atoms with van der Waals surface area (Å²) < 4.78 is 11.9. The molecule has 7 aromatic carbocycles. The summed E-state index contributed by atoms with van der Waals surface area (Å²) in [7, 11) is -1.88. The number of benzene rings is 7. The van der Waals surface area contributed by atoms with Crippen molar-refractivity contribution in [3.8, 4) is 11.5 Å². The van der Waals surface area contributed by atoms with Crippen LogP contribution in [0.25, 0.3) is 12.2 Å². The first-order valence-corrected chi connectivity index (χ1v) is 28.4. The maximum Gasteiger partial charge on any atom is 0.150 e. The van der Waals surface area contributed by atoms with Crippen LogP contribution in [0, 0.1) is 0 Å². The Bertz CT molecular complexity index is 2530. The Hall–Kier alpha value is -6.72. The van der Waals surface area contributed by atoms with Crippen LogP contribution in [0.4, 0.5) is 0 Å². The van der Waals surface area contributed by atoms with E-state index in [-0.39, 0.29) is 17.0 Å². The highest BCUT2D eigenvalue weighted by Crippen LogP contribution is 2.58. The molecule has 7 aromatic rings. The summed E-state index contributed by atoms with van der Waals surface area (Å²) in [5.41, 5.74) is 5.42. The molecule has 390 valence electrons. The van der Waals surface area contributed by atoms with Gasteiger partial charge in [0.25, 0.3) is 0 Å². The Morgan fingerprint density at radius 1 is 0.347 bits per heavy atom. The molecule has 75 heavy (non-hydrogen) atoms. The van der Waals surface area contributed by atoms with Gasteiger partial charge in [-0.1, -0.05) is 203 Å². The van der Waals surface area contributed by atoms with Crippen molar-refractivity contribution in [2.75, 3.05) is 13.2 Å². The average molecular weight is 1080 g/mol. The molecule has 0 N–H and O–H groups in total. The lowest BCUT2D eigenvalue weighted by Crippen LogP contribution is -3.00. The number of hydrogen-bond acceptors (Lipinski definition) is 5. The van der Waals surface area contributed by atoms with Crippen molar-refractivity contribution >= 4 is 54.2 Å². The first kappa shape index (κ1) is 60.8. The number of unbranched alkanes of at least 4 members (excludes halogenated alkanes) is 12. The molecule has 0 spiro atoms. The zero-order chi connectivity index (χ0) is 52.2. The maximum absolute atomic E-state index is 10.7. The summed E-state index contributed by atoms with van der Waals surface area (Å²) in [6, 6.07) is 64.2. The van der Waals surface area contributed by atoms with Gasteiger partial charge >= 0.3 is 0 Å². The lowest BCUT2D eigenvalue weighted by atomic mass is 10.1. The van der Waals surface area contributed by atoms with Crippen LogP contribution < -0.4 is 42.4 Å². The molecular weight excluding hydrogens is 1010 g/mol. The standard InChI is InChI=1S/C35H40OP.C25H30O2.C8H6O2.BrH/c1-2-3-4-5-6-7-8-18-29-36-32-27-25-31(26-28-32)30-37(33-19-12-9-13-20-33,34-21-14-10-15-22-34)35-23-16-11-17-24-35;1-2-3-4-5-6-7-8-9-20-27-25-18-16-23(17-19-25)11-10-22-12-14-24(21-26)15-13-22;9-5-7-1-2-8(6-10)4-3-7;/h2,9-17,19-28H,1,3-8,18,29-30H2;2,10-19,21H,1,3-9,20H2;1-6H;1H/q+1;;;/p-1. The van der Waals surface area contributed by atoms with Crippen LogP contribution in [0.5, 0.6) is 11.5 Å². The summed E-state index contributed by atoms with van der Waals surface area (Å²) in [6.45, 7) is 9.12. The van der Waals surface area contributed by atoms with E-state index in [1.807, 2.05) is 54.6 Å². The van der Waals surface area contributed by atoms with E-state index in [1.165, 1.54) is 85.7 Å². The number of rotatable bonds is 30. The Balaban J connectivity index is 0.000000279. The number of hydrogen-bond donors (Lipinski definition) is 0. The summed E-state index contributed by atoms with van der Waals surface area (Å²) in [6.07, 6.45) is 28.8. The van der Waals surface area contributed by atoms with Crippen LogP contribution in [0.2, 0.25) is 0 Å². The topological polar surface area (TPSA) is 69.7 Å². The van der Waals surface area contributed by atoms with E-state index in [2.05, 4.69) is 147 Å². The van der Waals surface area contributed by atoms with E-state index in [4.69, 9.17) is 9.47 Å². The number of allylic oxidation sites excluding steroid dienone is 2. The fraction of sp³-hybridized carbons (Fsp3) is 0.250. The van der Waals surface area contributed by atoms with Gasteiger partial charge < -0.3 is 26.5 Å². The Labute approximate surface area is 460 Å². The molecule has 0 bridgehead atoms.